The molecule has 0 radical (unpaired) electrons. The second-order valence-electron chi connectivity index (χ2n) is 5.31. The number of carbonyl (C=O) groups is 1. The maximum absolute atomic E-state index is 12.3. The van der Waals surface area contributed by atoms with Crippen molar-refractivity contribution in [1.29, 1.82) is 0 Å². The molecule has 2 heterocycles. The zero-order valence-corrected chi connectivity index (χ0v) is 12.5. The molecule has 110 valence electrons. The van der Waals surface area contributed by atoms with Crippen molar-refractivity contribution in [1.82, 2.24) is 9.88 Å². The summed E-state index contributed by atoms with van der Waals surface area (Å²) in [6.45, 7) is 8.50. The minimum Gasteiger partial charge on any atom is -0.386 e. The van der Waals surface area contributed by atoms with Crippen LogP contribution in [0.1, 0.15) is 37.7 Å². The number of nitrogens with zero attached hydrogens (tertiary/aromatic N) is 3. The monoisotopic (exact) mass is 277 g/mol. The summed E-state index contributed by atoms with van der Waals surface area (Å²) in [5.74, 6) is -0.0388. The highest BCUT2D eigenvalue weighted by molar-refractivity contribution is 5.93. The predicted molar refractivity (Wildman–Crippen MR) is 78.9 cm³/mol. The van der Waals surface area contributed by atoms with Crippen molar-refractivity contribution >= 4 is 11.6 Å². The van der Waals surface area contributed by atoms with E-state index in [0.29, 0.717) is 31.9 Å². The van der Waals surface area contributed by atoms with Crippen molar-refractivity contribution in [3.63, 3.8) is 0 Å². The number of carbonyl (C=O) groups excluding carboxylic acids is 1. The first kappa shape index (κ1) is 14.8. The van der Waals surface area contributed by atoms with Crippen LogP contribution in [0, 0.1) is 0 Å². The molecule has 20 heavy (non-hydrogen) atoms. The Hall–Kier alpha value is -1.62. The molecular formula is C15H23N3O2. The standard InChI is InChI=1S/C15H23N3O2/c1-4-15(20)10-18(11-15)12-7-8-16-13(9-12)14(19)17(5-2)6-3/h7-9,20H,4-6,10-11H2,1-3H3. The minimum atomic E-state index is -0.577. The van der Waals surface area contributed by atoms with Crippen LogP contribution in [0.5, 0.6) is 0 Å². The van der Waals surface area contributed by atoms with Gasteiger partial charge in [-0.3, -0.25) is 9.78 Å². The Labute approximate surface area is 120 Å². The fraction of sp³-hybridized carbons (Fsp3) is 0.600. The van der Waals surface area contributed by atoms with E-state index in [9.17, 15) is 9.90 Å². The number of amides is 1. The molecule has 1 aliphatic heterocycles. The van der Waals surface area contributed by atoms with E-state index in [1.54, 1.807) is 11.1 Å². The zero-order chi connectivity index (χ0) is 14.8. The van der Waals surface area contributed by atoms with Gasteiger partial charge in [0.2, 0.25) is 0 Å². The number of β-amino-alcohol motifs (C(OH)–C–C–N with tert-alkyl or cyclic N) is 1. The summed E-state index contributed by atoms with van der Waals surface area (Å²) in [5.41, 5.74) is 0.846. The van der Waals surface area contributed by atoms with E-state index in [0.717, 1.165) is 12.1 Å². The fourth-order valence-corrected chi connectivity index (χ4v) is 2.48. The molecule has 2 rings (SSSR count). The van der Waals surface area contributed by atoms with Gasteiger partial charge in [0.05, 0.1) is 5.60 Å². The number of hydrogen-bond acceptors (Lipinski definition) is 4. The summed E-state index contributed by atoms with van der Waals surface area (Å²) in [6, 6.07) is 3.70. The van der Waals surface area contributed by atoms with Crippen molar-refractivity contribution in [2.45, 2.75) is 32.8 Å². The second-order valence-corrected chi connectivity index (χ2v) is 5.31. The van der Waals surface area contributed by atoms with Gasteiger partial charge in [0.25, 0.3) is 5.91 Å². The van der Waals surface area contributed by atoms with Gasteiger partial charge in [-0.05, 0) is 32.4 Å². The number of aliphatic hydroxyl groups is 1. The molecule has 1 aromatic heterocycles. The van der Waals surface area contributed by atoms with Gasteiger partial charge in [0.15, 0.2) is 0 Å². The highest BCUT2D eigenvalue weighted by Gasteiger charge is 2.39. The number of hydrogen-bond donors (Lipinski definition) is 1. The third kappa shape index (κ3) is 2.77. The lowest BCUT2D eigenvalue weighted by Gasteiger charge is -2.47. The molecule has 0 unspecified atom stereocenters. The lowest BCUT2D eigenvalue weighted by molar-refractivity contribution is 0.00852. The molecule has 1 fully saturated rings. The first-order valence-corrected chi connectivity index (χ1v) is 7.25. The summed E-state index contributed by atoms with van der Waals surface area (Å²) < 4.78 is 0. The van der Waals surface area contributed by atoms with Crippen LogP contribution >= 0.6 is 0 Å². The van der Waals surface area contributed by atoms with Crippen LogP contribution in [0.4, 0.5) is 5.69 Å². The third-order valence-corrected chi connectivity index (χ3v) is 4.01. The quantitative estimate of drug-likeness (QED) is 0.886. The van der Waals surface area contributed by atoms with Crippen molar-refractivity contribution in [2.75, 3.05) is 31.1 Å². The molecule has 5 nitrogen and oxygen atoms in total. The molecule has 0 bridgehead atoms. The van der Waals surface area contributed by atoms with Crippen molar-refractivity contribution in [3.8, 4) is 0 Å². The number of anilines is 1. The van der Waals surface area contributed by atoms with E-state index < -0.39 is 5.60 Å². The molecule has 0 spiro atoms. The van der Waals surface area contributed by atoms with Crippen LogP contribution in [0.3, 0.4) is 0 Å². The molecule has 0 atom stereocenters. The molecule has 0 aromatic carbocycles. The lowest BCUT2D eigenvalue weighted by Crippen LogP contribution is -2.61. The zero-order valence-electron chi connectivity index (χ0n) is 12.5. The van der Waals surface area contributed by atoms with Gasteiger partial charge in [0.1, 0.15) is 5.69 Å². The summed E-state index contributed by atoms with van der Waals surface area (Å²) in [4.78, 5) is 20.3. The SMILES string of the molecule is CCN(CC)C(=O)c1cc(N2CC(O)(CC)C2)ccn1. The first-order chi connectivity index (χ1) is 9.53. The van der Waals surface area contributed by atoms with Gasteiger partial charge < -0.3 is 14.9 Å². The Bertz CT molecular complexity index is 480. The van der Waals surface area contributed by atoms with E-state index in [1.165, 1.54) is 0 Å². The molecule has 1 N–H and O–H groups in total. The van der Waals surface area contributed by atoms with Crippen LogP contribution in [-0.2, 0) is 0 Å². The lowest BCUT2D eigenvalue weighted by atomic mass is 9.91. The van der Waals surface area contributed by atoms with E-state index in [1.807, 2.05) is 32.9 Å². The molecule has 0 aliphatic carbocycles. The average molecular weight is 277 g/mol. The summed E-state index contributed by atoms with van der Waals surface area (Å²) in [7, 11) is 0. The van der Waals surface area contributed by atoms with Gasteiger partial charge in [0, 0.05) is 38.1 Å². The summed E-state index contributed by atoms with van der Waals surface area (Å²) in [6.07, 6.45) is 2.41. The maximum Gasteiger partial charge on any atom is 0.272 e. The average Bonchev–Trinajstić information content (AvgIpc) is 2.45. The highest BCUT2D eigenvalue weighted by Crippen LogP contribution is 2.29. The maximum atomic E-state index is 12.3. The molecule has 1 aromatic rings. The van der Waals surface area contributed by atoms with Crippen LogP contribution in [0.25, 0.3) is 0 Å². The highest BCUT2D eigenvalue weighted by atomic mass is 16.3. The third-order valence-electron chi connectivity index (χ3n) is 4.01. The second kappa shape index (κ2) is 5.79. The van der Waals surface area contributed by atoms with Crippen LogP contribution in [0.2, 0.25) is 0 Å². The Morgan fingerprint density at radius 1 is 1.40 bits per heavy atom. The van der Waals surface area contributed by atoms with Crippen molar-refractivity contribution in [3.05, 3.63) is 24.0 Å². The van der Waals surface area contributed by atoms with Gasteiger partial charge in [-0.2, -0.15) is 0 Å². The van der Waals surface area contributed by atoms with E-state index in [-0.39, 0.29) is 5.91 Å². The molecular weight excluding hydrogens is 254 g/mol. The Kier molecular flexibility index (Phi) is 4.28. The smallest absolute Gasteiger partial charge is 0.272 e. The van der Waals surface area contributed by atoms with Crippen LogP contribution < -0.4 is 4.90 Å². The topological polar surface area (TPSA) is 56.7 Å². The minimum absolute atomic E-state index is 0.0388. The molecule has 0 saturated carbocycles. The van der Waals surface area contributed by atoms with E-state index in [2.05, 4.69) is 9.88 Å². The van der Waals surface area contributed by atoms with Crippen molar-refractivity contribution in [2.24, 2.45) is 0 Å². The van der Waals surface area contributed by atoms with E-state index >= 15 is 0 Å². The van der Waals surface area contributed by atoms with Crippen molar-refractivity contribution < 1.29 is 9.90 Å². The summed E-state index contributed by atoms with van der Waals surface area (Å²) in [5, 5.41) is 10.1. The van der Waals surface area contributed by atoms with Crippen LogP contribution in [0.15, 0.2) is 18.3 Å². The number of pyridine rings is 1. The summed E-state index contributed by atoms with van der Waals surface area (Å²) >= 11 is 0. The number of aromatic nitrogens is 1. The Morgan fingerprint density at radius 3 is 2.60 bits per heavy atom. The van der Waals surface area contributed by atoms with Crippen LogP contribution in [-0.4, -0.2) is 52.7 Å². The van der Waals surface area contributed by atoms with Gasteiger partial charge in [-0.15, -0.1) is 0 Å². The largest absolute Gasteiger partial charge is 0.386 e. The molecule has 1 saturated heterocycles. The van der Waals surface area contributed by atoms with Gasteiger partial charge in [-0.25, -0.2) is 0 Å². The normalized spacial score (nSPS) is 16.7. The molecule has 5 heteroatoms. The van der Waals surface area contributed by atoms with E-state index in [4.69, 9.17) is 0 Å². The Morgan fingerprint density at radius 2 is 2.05 bits per heavy atom. The molecule has 1 aliphatic rings. The fourth-order valence-electron chi connectivity index (χ4n) is 2.48. The number of rotatable bonds is 5. The molecule has 1 amide bonds. The predicted octanol–water partition coefficient (Wildman–Crippen LogP) is 1.52. The van der Waals surface area contributed by atoms with Gasteiger partial charge in [-0.1, -0.05) is 6.92 Å². The van der Waals surface area contributed by atoms with Gasteiger partial charge >= 0.3 is 0 Å². The first-order valence-electron chi connectivity index (χ1n) is 7.25. The Balaban J connectivity index is 2.11.